The van der Waals surface area contributed by atoms with Gasteiger partial charge in [0.2, 0.25) is 11.8 Å². The highest BCUT2D eigenvalue weighted by Gasteiger charge is 2.39. The molecule has 1 saturated carbocycles. The Hall–Kier alpha value is -3.35. The van der Waals surface area contributed by atoms with Crippen molar-refractivity contribution in [3.8, 4) is 0 Å². The van der Waals surface area contributed by atoms with Crippen molar-refractivity contribution in [3.63, 3.8) is 0 Å². The Kier molecular flexibility index (Phi) is 7.50. The first kappa shape index (κ1) is 23.8. The number of rotatable bonds is 6. The lowest BCUT2D eigenvalue weighted by molar-refractivity contribution is -0.123. The summed E-state index contributed by atoms with van der Waals surface area (Å²) in [6, 6.07) is 14.2. The van der Waals surface area contributed by atoms with Crippen molar-refractivity contribution in [2.24, 2.45) is 11.7 Å². The maximum atomic E-state index is 13.6. The number of aryl methyl sites for hydroxylation is 1. The van der Waals surface area contributed by atoms with E-state index in [1.807, 2.05) is 42.5 Å². The summed E-state index contributed by atoms with van der Waals surface area (Å²) < 4.78 is 0. The molecule has 2 aromatic carbocycles. The Labute approximate surface area is 201 Å². The molecule has 2 aromatic rings. The van der Waals surface area contributed by atoms with Gasteiger partial charge in [-0.2, -0.15) is 0 Å². The molecular formula is C27H34N4O3. The monoisotopic (exact) mass is 462 g/mol. The van der Waals surface area contributed by atoms with E-state index in [1.165, 1.54) is 24.2 Å². The summed E-state index contributed by atoms with van der Waals surface area (Å²) >= 11 is 0. The third kappa shape index (κ3) is 5.41. The van der Waals surface area contributed by atoms with E-state index in [4.69, 9.17) is 5.73 Å². The molecule has 7 nitrogen and oxygen atoms in total. The van der Waals surface area contributed by atoms with Crippen molar-refractivity contribution in [2.45, 2.75) is 63.8 Å². The summed E-state index contributed by atoms with van der Waals surface area (Å²) in [6.07, 6.45) is 7.15. The van der Waals surface area contributed by atoms with Gasteiger partial charge in [0, 0.05) is 11.4 Å². The van der Waals surface area contributed by atoms with E-state index in [-0.39, 0.29) is 18.4 Å². The minimum Gasteiger partial charge on any atom is -0.368 e. The topological polar surface area (TPSA) is 105 Å². The maximum absolute atomic E-state index is 13.6. The highest BCUT2D eigenvalue weighted by Crippen LogP contribution is 2.44. The summed E-state index contributed by atoms with van der Waals surface area (Å²) in [4.78, 5) is 39.9. The minimum absolute atomic E-state index is 0.118. The van der Waals surface area contributed by atoms with Crippen LogP contribution in [0.3, 0.4) is 0 Å². The lowest BCUT2D eigenvalue weighted by Crippen LogP contribution is -2.51. The van der Waals surface area contributed by atoms with Crippen LogP contribution >= 0.6 is 0 Å². The van der Waals surface area contributed by atoms with Gasteiger partial charge in [-0.1, -0.05) is 56.5 Å². The van der Waals surface area contributed by atoms with Crippen molar-refractivity contribution < 1.29 is 14.4 Å². The number of benzene rings is 2. The molecule has 2 atom stereocenters. The van der Waals surface area contributed by atoms with Crippen LogP contribution in [0.1, 0.15) is 62.5 Å². The lowest BCUT2D eigenvalue weighted by Gasteiger charge is -2.31. The summed E-state index contributed by atoms with van der Waals surface area (Å²) in [5.41, 5.74) is 9.09. The number of para-hydroxylation sites is 1. The van der Waals surface area contributed by atoms with Crippen molar-refractivity contribution >= 4 is 29.2 Å². The Morgan fingerprint density at radius 3 is 2.56 bits per heavy atom. The predicted molar refractivity (Wildman–Crippen MR) is 134 cm³/mol. The third-order valence-electron chi connectivity index (χ3n) is 7.11. The number of urea groups is 1. The van der Waals surface area contributed by atoms with Gasteiger partial charge in [0.15, 0.2) is 0 Å². The number of nitrogens with zero attached hydrogens (tertiary/aromatic N) is 1. The molecule has 1 fully saturated rings. The molecule has 1 aliphatic carbocycles. The van der Waals surface area contributed by atoms with Crippen LogP contribution in [-0.4, -0.2) is 30.4 Å². The molecule has 4 rings (SSSR count). The zero-order valence-corrected chi connectivity index (χ0v) is 19.8. The Bertz CT molecular complexity index is 1050. The van der Waals surface area contributed by atoms with E-state index >= 15 is 0 Å². The number of carbonyl (C=O) groups is 3. The van der Waals surface area contributed by atoms with Gasteiger partial charge >= 0.3 is 6.03 Å². The number of hydrogen-bond acceptors (Lipinski definition) is 3. The zero-order chi connectivity index (χ0) is 24.1. The quantitative estimate of drug-likeness (QED) is 0.595. The molecule has 2 unspecified atom stereocenters. The van der Waals surface area contributed by atoms with Crippen LogP contribution < -0.4 is 21.3 Å². The Morgan fingerprint density at radius 1 is 1.06 bits per heavy atom. The van der Waals surface area contributed by atoms with Crippen molar-refractivity contribution in [2.75, 3.05) is 16.8 Å². The van der Waals surface area contributed by atoms with Crippen LogP contribution in [0.15, 0.2) is 48.5 Å². The molecule has 2 aliphatic rings. The van der Waals surface area contributed by atoms with Crippen LogP contribution in [0.5, 0.6) is 0 Å². The summed E-state index contributed by atoms with van der Waals surface area (Å²) in [5.74, 6) is -0.335. The predicted octanol–water partition coefficient (Wildman–Crippen LogP) is 4.33. The molecule has 4 amide bonds. The number of fused-ring (bicyclic) bond motifs is 1. The lowest BCUT2D eigenvalue weighted by atomic mass is 9.74. The van der Waals surface area contributed by atoms with Crippen molar-refractivity contribution in [1.82, 2.24) is 5.32 Å². The molecule has 0 spiro atoms. The Balaban J connectivity index is 1.62. The average molecular weight is 463 g/mol. The second-order valence-electron chi connectivity index (χ2n) is 9.39. The molecule has 4 N–H and O–H groups in total. The molecular weight excluding hydrogens is 428 g/mol. The minimum atomic E-state index is -0.756. The SMILES string of the molecule is CCc1cccc(NC(=O)NC2CC(C3CCCCC3)c3ccccc3N(CC(N)=O)C2=O)c1. The van der Waals surface area contributed by atoms with E-state index in [2.05, 4.69) is 23.6 Å². The van der Waals surface area contributed by atoms with Crippen LogP contribution in [-0.2, 0) is 16.0 Å². The first-order chi connectivity index (χ1) is 16.5. The molecule has 180 valence electrons. The zero-order valence-electron chi connectivity index (χ0n) is 19.8. The average Bonchev–Trinajstić information content (AvgIpc) is 2.95. The fourth-order valence-electron chi connectivity index (χ4n) is 5.45. The molecule has 1 heterocycles. The molecule has 0 saturated heterocycles. The molecule has 34 heavy (non-hydrogen) atoms. The van der Waals surface area contributed by atoms with Gasteiger partial charge in [-0.25, -0.2) is 4.79 Å². The third-order valence-corrected chi connectivity index (χ3v) is 7.11. The van der Waals surface area contributed by atoms with Crippen molar-refractivity contribution in [3.05, 3.63) is 59.7 Å². The first-order valence-corrected chi connectivity index (χ1v) is 12.3. The fraction of sp³-hybridized carbons (Fsp3) is 0.444. The van der Waals surface area contributed by atoms with Gasteiger partial charge in [0.25, 0.3) is 0 Å². The van der Waals surface area contributed by atoms with E-state index < -0.39 is 18.0 Å². The summed E-state index contributed by atoms with van der Waals surface area (Å²) in [7, 11) is 0. The number of primary amides is 1. The molecule has 0 bridgehead atoms. The summed E-state index contributed by atoms with van der Waals surface area (Å²) in [5, 5.41) is 5.77. The number of nitrogens with two attached hydrogens (primary N) is 1. The smallest absolute Gasteiger partial charge is 0.319 e. The van der Waals surface area contributed by atoms with Crippen LogP contribution in [0.4, 0.5) is 16.2 Å². The number of amides is 4. The molecule has 7 heteroatoms. The van der Waals surface area contributed by atoms with Gasteiger partial charge in [-0.3, -0.25) is 9.59 Å². The van der Waals surface area contributed by atoms with Gasteiger partial charge in [-0.15, -0.1) is 0 Å². The molecule has 0 aromatic heterocycles. The van der Waals surface area contributed by atoms with Crippen molar-refractivity contribution in [1.29, 1.82) is 0 Å². The number of nitrogens with one attached hydrogen (secondary N) is 2. The number of hydrogen-bond donors (Lipinski definition) is 3. The Morgan fingerprint density at radius 2 is 1.82 bits per heavy atom. The van der Waals surface area contributed by atoms with Gasteiger partial charge in [-0.05, 0) is 66.8 Å². The van der Waals surface area contributed by atoms with E-state index in [0.29, 0.717) is 18.0 Å². The van der Waals surface area contributed by atoms with Gasteiger partial charge < -0.3 is 21.3 Å². The standard InChI is InChI=1S/C27H34N4O3/c1-2-18-9-8-12-20(15-18)29-27(34)30-23-16-22(19-10-4-3-5-11-19)21-13-6-7-14-24(21)31(26(23)33)17-25(28)32/h6-9,12-15,19,22-23H,2-5,10-11,16-17H2,1H3,(H2,28,32)(H2,29,30,34). The largest absolute Gasteiger partial charge is 0.368 e. The van der Waals surface area contributed by atoms with Crippen LogP contribution in [0.25, 0.3) is 0 Å². The fourth-order valence-corrected chi connectivity index (χ4v) is 5.45. The van der Waals surface area contributed by atoms with Gasteiger partial charge in [0.1, 0.15) is 12.6 Å². The van der Waals surface area contributed by atoms with E-state index in [1.54, 1.807) is 0 Å². The van der Waals surface area contributed by atoms with Crippen LogP contribution in [0, 0.1) is 5.92 Å². The van der Waals surface area contributed by atoms with E-state index in [0.717, 1.165) is 36.1 Å². The maximum Gasteiger partial charge on any atom is 0.319 e. The highest BCUT2D eigenvalue weighted by molar-refractivity contribution is 6.04. The molecule has 0 radical (unpaired) electrons. The number of carbonyl (C=O) groups excluding carboxylic acids is 3. The summed E-state index contributed by atoms with van der Waals surface area (Å²) in [6.45, 7) is 1.84. The normalized spacial score (nSPS) is 20.9. The second kappa shape index (κ2) is 10.7. The molecule has 1 aliphatic heterocycles. The van der Waals surface area contributed by atoms with Crippen LogP contribution in [0.2, 0.25) is 0 Å². The van der Waals surface area contributed by atoms with E-state index in [9.17, 15) is 14.4 Å². The number of anilines is 2. The highest BCUT2D eigenvalue weighted by atomic mass is 16.2. The van der Waals surface area contributed by atoms with Gasteiger partial charge in [0.05, 0.1) is 0 Å². The second-order valence-corrected chi connectivity index (χ2v) is 9.39. The first-order valence-electron chi connectivity index (χ1n) is 12.3.